The Morgan fingerprint density at radius 2 is 2.13 bits per heavy atom. The Morgan fingerprint density at radius 3 is 2.93 bits per heavy atom. The van der Waals surface area contributed by atoms with Crippen molar-refractivity contribution in [3.05, 3.63) is 35.4 Å². The maximum Gasteiger partial charge on any atom is 0.196 e. The molecule has 6 rings (SSSR count). The first-order valence-corrected chi connectivity index (χ1v) is 11.2. The third-order valence-corrected chi connectivity index (χ3v) is 7.05. The smallest absolute Gasteiger partial charge is 0.196 e. The lowest BCUT2D eigenvalue weighted by Crippen LogP contribution is -2.44. The minimum atomic E-state index is 0.444. The zero-order valence-corrected chi connectivity index (χ0v) is 17.8. The molecule has 2 bridgehead atoms. The van der Waals surface area contributed by atoms with Crippen molar-refractivity contribution in [1.82, 2.24) is 35.2 Å². The van der Waals surface area contributed by atoms with E-state index >= 15 is 0 Å². The molecule has 0 spiro atoms. The average Bonchev–Trinajstić information content (AvgIpc) is 3.48. The molecule has 152 valence electrons. The molecule has 2 aliphatic heterocycles. The Hall–Kier alpha value is -2.49. The van der Waals surface area contributed by atoms with Crippen LogP contribution < -0.4 is 10.2 Å². The predicted octanol–water partition coefficient (Wildman–Crippen LogP) is 3.21. The van der Waals surface area contributed by atoms with Gasteiger partial charge in [0.15, 0.2) is 10.8 Å². The maximum atomic E-state index is 6.74. The second-order valence-electron chi connectivity index (χ2n) is 7.64. The molecule has 4 aromatic rings. The van der Waals surface area contributed by atoms with Crippen LogP contribution in [-0.2, 0) is 6.42 Å². The van der Waals surface area contributed by atoms with E-state index in [-0.39, 0.29) is 0 Å². The van der Waals surface area contributed by atoms with Gasteiger partial charge in [-0.2, -0.15) is 0 Å². The van der Waals surface area contributed by atoms with E-state index < -0.39 is 0 Å². The van der Waals surface area contributed by atoms with Gasteiger partial charge in [0.2, 0.25) is 0 Å². The lowest BCUT2D eigenvalue weighted by Gasteiger charge is -2.29. The molecule has 2 fully saturated rings. The number of fused-ring (bicyclic) bond motifs is 4. The number of hydrogen-bond acceptors (Lipinski definition) is 8. The highest BCUT2D eigenvalue weighted by Gasteiger charge is 2.39. The molecule has 0 aromatic carbocycles. The van der Waals surface area contributed by atoms with Gasteiger partial charge in [-0.3, -0.25) is 4.98 Å². The molecular formula is C20H19ClN8S. The van der Waals surface area contributed by atoms with E-state index in [2.05, 4.69) is 37.1 Å². The summed E-state index contributed by atoms with van der Waals surface area (Å²) in [5, 5.41) is 5.88. The Labute approximate surface area is 181 Å². The molecule has 2 unspecified atom stereocenters. The summed E-state index contributed by atoms with van der Waals surface area (Å²) in [6.07, 6.45) is 7.06. The van der Waals surface area contributed by atoms with Gasteiger partial charge >= 0.3 is 0 Å². The Balaban J connectivity index is 1.45. The monoisotopic (exact) mass is 438 g/mol. The summed E-state index contributed by atoms with van der Waals surface area (Å²) in [4.78, 5) is 29.4. The molecule has 6 heterocycles. The first-order chi connectivity index (χ1) is 14.7. The van der Waals surface area contributed by atoms with Gasteiger partial charge in [-0.1, -0.05) is 18.5 Å². The van der Waals surface area contributed by atoms with Crippen molar-refractivity contribution in [2.45, 2.75) is 41.9 Å². The number of H-pyrrole nitrogens is 1. The van der Waals surface area contributed by atoms with Crippen LogP contribution >= 0.6 is 23.4 Å². The topological polar surface area (TPSA) is 95.5 Å². The molecule has 0 saturated carbocycles. The van der Waals surface area contributed by atoms with Crippen molar-refractivity contribution < 1.29 is 0 Å². The Kier molecular flexibility index (Phi) is 4.29. The van der Waals surface area contributed by atoms with Gasteiger partial charge < -0.3 is 15.2 Å². The molecule has 10 heteroatoms. The summed E-state index contributed by atoms with van der Waals surface area (Å²) in [6, 6.07) is 2.93. The largest absolute Gasteiger partial charge is 0.350 e. The molecule has 2 saturated heterocycles. The SMILES string of the molecule is CCc1[nH]c2nc(Sc3cnc4nccnc4c3)nc(N3CC4CC3CN4)c2c1Cl. The van der Waals surface area contributed by atoms with Gasteiger partial charge in [0.1, 0.15) is 17.0 Å². The molecule has 4 aromatic heterocycles. The summed E-state index contributed by atoms with van der Waals surface area (Å²) in [7, 11) is 0. The van der Waals surface area contributed by atoms with Crippen LogP contribution in [0.15, 0.2) is 34.7 Å². The number of aromatic nitrogens is 6. The zero-order chi connectivity index (χ0) is 20.2. The summed E-state index contributed by atoms with van der Waals surface area (Å²) in [5.41, 5.74) is 3.16. The van der Waals surface area contributed by atoms with E-state index in [4.69, 9.17) is 21.6 Å². The number of anilines is 1. The minimum absolute atomic E-state index is 0.444. The standard InChI is InChI=1S/C20H19ClN8S/c1-2-13-16(21)15-18(26-13)27-20(28-19(15)29-9-10-5-11(29)7-24-10)30-12-6-14-17(25-8-12)23-4-3-22-14/h3-4,6,8,10-11,24H,2,5,7,9H2,1H3,(H,26,27,28). The van der Waals surface area contributed by atoms with Crippen molar-refractivity contribution in [2.24, 2.45) is 0 Å². The fraction of sp³-hybridized carbons (Fsp3) is 0.350. The Morgan fingerprint density at radius 1 is 1.23 bits per heavy atom. The first-order valence-electron chi connectivity index (χ1n) is 10.0. The second-order valence-corrected chi connectivity index (χ2v) is 9.06. The predicted molar refractivity (Wildman–Crippen MR) is 117 cm³/mol. The summed E-state index contributed by atoms with van der Waals surface area (Å²) < 4.78 is 0. The van der Waals surface area contributed by atoms with E-state index in [0.717, 1.165) is 63.9 Å². The molecule has 2 aliphatic rings. The molecule has 8 nitrogen and oxygen atoms in total. The highest BCUT2D eigenvalue weighted by atomic mass is 35.5. The van der Waals surface area contributed by atoms with E-state index in [1.165, 1.54) is 11.8 Å². The third-order valence-electron chi connectivity index (χ3n) is 5.81. The molecule has 0 amide bonds. The van der Waals surface area contributed by atoms with Crippen molar-refractivity contribution in [2.75, 3.05) is 18.0 Å². The number of rotatable bonds is 4. The fourth-order valence-electron chi connectivity index (χ4n) is 4.39. The number of hydrogen-bond donors (Lipinski definition) is 2. The van der Waals surface area contributed by atoms with Crippen molar-refractivity contribution in [1.29, 1.82) is 0 Å². The number of nitrogens with one attached hydrogen (secondary N) is 2. The highest BCUT2D eigenvalue weighted by molar-refractivity contribution is 7.99. The van der Waals surface area contributed by atoms with E-state index in [0.29, 0.717) is 22.9 Å². The lowest BCUT2D eigenvalue weighted by molar-refractivity contribution is 0.576. The number of aromatic amines is 1. The summed E-state index contributed by atoms with van der Waals surface area (Å²) >= 11 is 8.21. The van der Waals surface area contributed by atoms with Crippen LogP contribution in [0.2, 0.25) is 5.02 Å². The maximum absolute atomic E-state index is 6.74. The molecule has 30 heavy (non-hydrogen) atoms. The van der Waals surface area contributed by atoms with Crippen LogP contribution in [0.4, 0.5) is 5.82 Å². The number of halogens is 1. The molecule has 0 aliphatic carbocycles. The third kappa shape index (κ3) is 2.91. The van der Waals surface area contributed by atoms with E-state index in [1.807, 2.05) is 6.07 Å². The van der Waals surface area contributed by atoms with Crippen LogP contribution in [0.25, 0.3) is 22.2 Å². The number of piperazine rings is 1. The van der Waals surface area contributed by atoms with Crippen molar-refractivity contribution >= 4 is 51.4 Å². The van der Waals surface area contributed by atoms with E-state index in [9.17, 15) is 0 Å². The molecule has 2 atom stereocenters. The number of aryl methyl sites for hydroxylation is 1. The number of pyridine rings is 1. The van der Waals surface area contributed by atoms with E-state index in [1.54, 1.807) is 18.6 Å². The fourth-order valence-corrected chi connectivity index (χ4v) is 5.50. The molecule has 0 radical (unpaired) electrons. The zero-order valence-electron chi connectivity index (χ0n) is 16.3. The van der Waals surface area contributed by atoms with Crippen LogP contribution in [0.3, 0.4) is 0 Å². The van der Waals surface area contributed by atoms with Crippen molar-refractivity contribution in [3.63, 3.8) is 0 Å². The number of nitrogens with zero attached hydrogens (tertiary/aromatic N) is 6. The van der Waals surface area contributed by atoms with Gasteiger partial charge in [-0.05, 0) is 30.7 Å². The van der Waals surface area contributed by atoms with Gasteiger partial charge in [0.05, 0.1) is 10.4 Å². The summed E-state index contributed by atoms with van der Waals surface area (Å²) in [6.45, 7) is 4.01. The van der Waals surface area contributed by atoms with Crippen LogP contribution in [0.1, 0.15) is 19.0 Å². The lowest BCUT2D eigenvalue weighted by atomic mass is 10.2. The normalized spacial score (nSPS) is 20.7. The van der Waals surface area contributed by atoms with Gasteiger partial charge in [-0.25, -0.2) is 19.9 Å². The minimum Gasteiger partial charge on any atom is -0.350 e. The average molecular weight is 439 g/mol. The Bertz CT molecular complexity index is 1270. The summed E-state index contributed by atoms with van der Waals surface area (Å²) in [5.74, 6) is 0.922. The van der Waals surface area contributed by atoms with Crippen LogP contribution in [0, 0.1) is 0 Å². The van der Waals surface area contributed by atoms with Gasteiger partial charge in [0.25, 0.3) is 0 Å². The highest BCUT2D eigenvalue weighted by Crippen LogP contribution is 2.39. The van der Waals surface area contributed by atoms with Gasteiger partial charge in [0, 0.05) is 54.4 Å². The van der Waals surface area contributed by atoms with Crippen LogP contribution in [0.5, 0.6) is 0 Å². The quantitative estimate of drug-likeness (QED) is 0.469. The van der Waals surface area contributed by atoms with Crippen molar-refractivity contribution in [3.8, 4) is 0 Å². The molecular weight excluding hydrogens is 420 g/mol. The van der Waals surface area contributed by atoms with Gasteiger partial charge in [-0.15, -0.1) is 0 Å². The molecule has 2 N–H and O–H groups in total. The second kappa shape index (κ2) is 7.04. The first kappa shape index (κ1) is 18.3. The van der Waals surface area contributed by atoms with Crippen LogP contribution in [-0.4, -0.2) is 55.1 Å².